The summed E-state index contributed by atoms with van der Waals surface area (Å²) in [4.78, 5) is 58.1. The zero-order valence-electron chi connectivity index (χ0n) is 22.3. The van der Waals surface area contributed by atoms with Crippen LogP contribution in [-0.4, -0.2) is 64.9 Å². The van der Waals surface area contributed by atoms with E-state index in [2.05, 4.69) is 20.5 Å². The number of hydrogen-bond donors (Lipinski definition) is 3. The number of hydrogen-bond acceptors (Lipinski definition) is 6. The lowest BCUT2D eigenvalue weighted by molar-refractivity contribution is -0.137. The number of amides is 3. The topological polar surface area (TPSA) is 132 Å². The smallest absolute Gasteiger partial charge is 0.305 e. The van der Waals surface area contributed by atoms with E-state index < -0.39 is 23.7 Å². The number of carbonyl (C=O) groups excluding carboxylic acids is 3. The molecule has 1 unspecified atom stereocenters. The minimum absolute atomic E-state index is 0.0623. The SMILES string of the molecule is O=C(O)CC(NC(=O)c1ccc(N2CCN(C(=O)c3cccnc3)CC2)c(NC(=O)C2CC2)c1)c1ccc(F)cc1. The number of carboxylic acid groups (broad SMARTS) is 1. The van der Waals surface area contributed by atoms with Crippen LogP contribution in [0.1, 0.15) is 51.6 Å². The molecule has 41 heavy (non-hydrogen) atoms. The second kappa shape index (κ2) is 12.2. The molecule has 2 heterocycles. The molecular weight excluding hydrogens is 529 g/mol. The van der Waals surface area contributed by atoms with Crippen molar-refractivity contribution < 1.29 is 28.7 Å². The summed E-state index contributed by atoms with van der Waals surface area (Å²) in [5.41, 5.74) is 2.42. The molecule has 3 aromatic rings. The first-order valence-electron chi connectivity index (χ1n) is 13.5. The van der Waals surface area contributed by atoms with E-state index in [0.29, 0.717) is 43.0 Å². The Hall–Kier alpha value is -4.80. The largest absolute Gasteiger partial charge is 0.481 e. The van der Waals surface area contributed by atoms with E-state index >= 15 is 0 Å². The van der Waals surface area contributed by atoms with E-state index in [9.17, 15) is 28.7 Å². The normalized spacial score (nSPS) is 15.6. The Morgan fingerprint density at radius 1 is 0.976 bits per heavy atom. The molecule has 3 amide bonds. The van der Waals surface area contributed by atoms with Crippen LogP contribution in [-0.2, 0) is 9.59 Å². The van der Waals surface area contributed by atoms with E-state index in [1.807, 2.05) is 0 Å². The fraction of sp³-hybridized carbons (Fsp3) is 0.300. The van der Waals surface area contributed by atoms with Gasteiger partial charge in [0.1, 0.15) is 5.82 Å². The zero-order valence-corrected chi connectivity index (χ0v) is 22.3. The van der Waals surface area contributed by atoms with Crippen LogP contribution in [0.3, 0.4) is 0 Å². The van der Waals surface area contributed by atoms with Crippen LogP contribution in [0.15, 0.2) is 67.0 Å². The van der Waals surface area contributed by atoms with Crippen LogP contribution in [0, 0.1) is 11.7 Å². The van der Waals surface area contributed by atoms with Gasteiger partial charge in [-0.15, -0.1) is 0 Å². The van der Waals surface area contributed by atoms with Crippen LogP contribution < -0.4 is 15.5 Å². The highest BCUT2D eigenvalue weighted by molar-refractivity contribution is 6.01. The minimum atomic E-state index is -1.12. The molecule has 2 aromatic carbocycles. The molecule has 0 radical (unpaired) electrons. The van der Waals surface area contributed by atoms with Gasteiger partial charge >= 0.3 is 5.97 Å². The highest BCUT2D eigenvalue weighted by atomic mass is 19.1. The molecule has 3 N–H and O–H groups in total. The van der Waals surface area contributed by atoms with E-state index in [-0.39, 0.29) is 29.7 Å². The molecule has 10 nitrogen and oxygen atoms in total. The molecule has 0 bridgehead atoms. The number of pyridine rings is 1. The Labute approximate surface area is 236 Å². The highest BCUT2D eigenvalue weighted by Crippen LogP contribution is 2.34. The fourth-order valence-corrected chi connectivity index (χ4v) is 4.82. The molecule has 1 aromatic heterocycles. The average Bonchev–Trinajstić information content (AvgIpc) is 3.83. The summed E-state index contributed by atoms with van der Waals surface area (Å²) in [7, 11) is 0. The molecule has 5 rings (SSSR count). The van der Waals surface area contributed by atoms with Gasteiger partial charge in [-0.2, -0.15) is 0 Å². The Bertz CT molecular complexity index is 1440. The molecule has 11 heteroatoms. The Balaban J connectivity index is 1.34. The molecule has 1 saturated carbocycles. The third-order valence-corrected chi connectivity index (χ3v) is 7.24. The second-order valence-corrected chi connectivity index (χ2v) is 10.2. The number of rotatable bonds is 9. The number of aromatic nitrogens is 1. The number of carbonyl (C=O) groups is 4. The maximum atomic E-state index is 13.4. The van der Waals surface area contributed by atoms with E-state index in [4.69, 9.17) is 0 Å². The van der Waals surface area contributed by atoms with Crippen molar-refractivity contribution >= 4 is 35.1 Å². The lowest BCUT2D eigenvalue weighted by atomic mass is 10.0. The second-order valence-electron chi connectivity index (χ2n) is 10.2. The summed E-state index contributed by atoms with van der Waals surface area (Å²) >= 11 is 0. The number of carboxylic acids is 1. The summed E-state index contributed by atoms with van der Waals surface area (Å²) in [6.45, 7) is 1.99. The van der Waals surface area contributed by atoms with E-state index in [1.54, 1.807) is 47.6 Å². The Morgan fingerprint density at radius 3 is 2.34 bits per heavy atom. The summed E-state index contributed by atoms with van der Waals surface area (Å²) in [5, 5.41) is 15.1. The maximum absolute atomic E-state index is 13.4. The third kappa shape index (κ3) is 6.86. The molecule has 1 aliphatic heterocycles. The van der Waals surface area contributed by atoms with Crippen molar-refractivity contribution in [2.45, 2.75) is 25.3 Å². The number of nitrogens with one attached hydrogen (secondary N) is 2. The predicted molar refractivity (Wildman–Crippen MR) is 149 cm³/mol. The van der Waals surface area contributed by atoms with Crippen molar-refractivity contribution in [3.05, 3.63) is 89.5 Å². The van der Waals surface area contributed by atoms with Crippen LogP contribution >= 0.6 is 0 Å². The number of anilines is 2. The van der Waals surface area contributed by atoms with Crippen molar-refractivity contribution in [1.82, 2.24) is 15.2 Å². The third-order valence-electron chi connectivity index (χ3n) is 7.24. The standard InChI is InChI=1S/C30H30FN5O5/c31-23-8-5-19(6-9-23)24(17-27(37)38)33-29(40)21-7-10-26(25(16-21)34-28(39)20-3-4-20)35-12-14-36(15-13-35)30(41)22-2-1-11-32-18-22/h1-2,5-11,16,18,20,24H,3-4,12-15,17H2,(H,33,40)(H,34,39)(H,37,38). The first kappa shape index (κ1) is 27.8. The molecule has 1 saturated heterocycles. The maximum Gasteiger partial charge on any atom is 0.305 e. The molecule has 0 spiro atoms. The number of piperazine rings is 1. The van der Waals surface area contributed by atoms with Gasteiger partial charge in [-0.1, -0.05) is 12.1 Å². The van der Waals surface area contributed by atoms with Gasteiger partial charge in [0.25, 0.3) is 11.8 Å². The fourth-order valence-electron chi connectivity index (χ4n) is 4.82. The number of halogens is 1. The lowest BCUT2D eigenvalue weighted by Crippen LogP contribution is -2.49. The number of benzene rings is 2. The van der Waals surface area contributed by atoms with E-state index in [0.717, 1.165) is 18.5 Å². The lowest BCUT2D eigenvalue weighted by Gasteiger charge is -2.37. The zero-order chi connectivity index (χ0) is 28.9. The van der Waals surface area contributed by atoms with Gasteiger partial charge in [0.15, 0.2) is 0 Å². The average molecular weight is 560 g/mol. The predicted octanol–water partition coefficient (Wildman–Crippen LogP) is 3.48. The summed E-state index contributed by atoms with van der Waals surface area (Å²) in [6, 6.07) is 12.8. The molecule has 212 valence electrons. The van der Waals surface area contributed by atoms with Gasteiger partial charge in [0, 0.05) is 50.1 Å². The summed E-state index contributed by atoms with van der Waals surface area (Å²) in [6.07, 6.45) is 4.39. The minimum Gasteiger partial charge on any atom is -0.481 e. The summed E-state index contributed by atoms with van der Waals surface area (Å²) in [5.74, 6) is -2.39. The summed E-state index contributed by atoms with van der Waals surface area (Å²) < 4.78 is 13.4. The molecular formula is C30H30FN5O5. The Kier molecular flexibility index (Phi) is 8.23. The van der Waals surface area contributed by atoms with Crippen molar-refractivity contribution in [3.63, 3.8) is 0 Å². The van der Waals surface area contributed by atoms with Gasteiger partial charge in [-0.25, -0.2) is 4.39 Å². The van der Waals surface area contributed by atoms with Gasteiger partial charge in [-0.3, -0.25) is 24.2 Å². The number of nitrogens with zero attached hydrogens (tertiary/aromatic N) is 3. The van der Waals surface area contributed by atoms with Crippen molar-refractivity contribution in [2.75, 3.05) is 36.4 Å². The van der Waals surface area contributed by atoms with Crippen LogP contribution in [0.25, 0.3) is 0 Å². The first-order valence-corrected chi connectivity index (χ1v) is 13.5. The first-order chi connectivity index (χ1) is 19.8. The Morgan fingerprint density at radius 2 is 1.71 bits per heavy atom. The van der Waals surface area contributed by atoms with E-state index in [1.165, 1.54) is 24.3 Å². The molecule has 2 fully saturated rings. The van der Waals surface area contributed by atoms with Crippen LogP contribution in [0.2, 0.25) is 0 Å². The van der Waals surface area contributed by atoms with Gasteiger partial charge in [-0.05, 0) is 60.9 Å². The van der Waals surface area contributed by atoms with Crippen LogP contribution in [0.5, 0.6) is 0 Å². The van der Waals surface area contributed by atoms with Gasteiger partial charge in [0.2, 0.25) is 5.91 Å². The monoisotopic (exact) mass is 559 g/mol. The van der Waals surface area contributed by atoms with Gasteiger partial charge in [0.05, 0.1) is 29.4 Å². The quantitative estimate of drug-likeness (QED) is 0.366. The van der Waals surface area contributed by atoms with Crippen molar-refractivity contribution in [3.8, 4) is 0 Å². The molecule has 1 aliphatic carbocycles. The van der Waals surface area contributed by atoms with Crippen molar-refractivity contribution in [1.29, 1.82) is 0 Å². The van der Waals surface area contributed by atoms with Gasteiger partial charge < -0.3 is 25.5 Å². The number of aliphatic carboxylic acids is 1. The van der Waals surface area contributed by atoms with Crippen LogP contribution in [0.4, 0.5) is 15.8 Å². The molecule has 2 aliphatic rings. The van der Waals surface area contributed by atoms with Crippen molar-refractivity contribution in [2.24, 2.45) is 5.92 Å². The molecule has 1 atom stereocenters. The highest BCUT2D eigenvalue weighted by Gasteiger charge is 2.31.